The lowest BCUT2D eigenvalue weighted by atomic mass is 9.93. The molecule has 0 radical (unpaired) electrons. The zero-order valence-electron chi connectivity index (χ0n) is 9.53. The number of hydrogen-bond donors (Lipinski definition) is 3. The highest BCUT2D eigenvalue weighted by Gasteiger charge is 2.20. The van der Waals surface area contributed by atoms with E-state index in [1.807, 2.05) is 6.92 Å². The lowest BCUT2D eigenvalue weighted by Crippen LogP contribution is -2.42. The highest BCUT2D eigenvalue weighted by molar-refractivity contribution is 4.75. The Hall–Kier alpha value is -0.160. The third kappa shape index (κ3) is 5.54. The van der Waals surface area contributed by atoms with E-state index in [0.717, 1.165) is 13.1 Å². The molecule has 0 fully saturated rings. The monoisotopic (exact) mass is 204 g/mol. The quantitative estimate of drug-likeness (QED) is 0.530. The van der Waals surface area contributed by atoms with E-state index < -0.39 is 6.10 Å². The summed E-state index contributed by atoms with van der Waals surface area (Å²) in [5, 5.41) is 18.0. The van der Waals surface area contributed by atoms with Crippen LogP contribution in [0.2, 0.25) is 0 Å². The first-order chi connectivity index (χ1) is 6.45. The Kier molecular flexibility index (Phi) is 6.27. The number of aliphatic hydroxyl groups excluding tert-OH is 2. The van der Waals surface area contributed by atoms with Crippen LogP contribution in [-0.4, -0.2) is 54.0 Å². The molecule has 0 aromatic carbocycles. The van der Waals surface area contributed by atoms with E-state index in [1.54, 1.807) is 0 Å². The third-order valence-electron chi connectivity index (χ3n) is 2.33. The first-order valence-electron chi connectivity index (χ1n) is 5.16. The molecule has 0 rings (SSSR count). The first-order valence-corrected chi connectivity index (χ1v) is 5.16. The van der Waals surface area contributed by atoms with Crippen LogP contribution < -0.4 is 5.73 Å². The van der Waals surface area contributed by atoms with Crippen LogP contribution in [0.25, 0.3) is 0 Å². The lowest BCUT2D eigenvalue weighted by molar-refractivity contribution is 0.0496. The number of nitrogens with zero attached hydrogens (tertiary/aromatic N) is 1. The van der Waals surface area contributed by atoms with Gasteiger partial charge in [-0.3, -0.25) is 0 Å². The minimum Gasteiger partial charge on any atom is -0.394 e. The van der Waals surface area contributed by atoms with Crippen molar-refractivity contribution in [2.75, 3.05) is 32.8 Å². The summed E-state index contributed by atoms with van der Waals surface area (Å²) < 4.78 is 0. The Labute approximate surface area is 86.7 Å². The molecule has 1 atom stereocenters. The van der Waals surface area contributed by atoms with Crippen LogP contribution in [0.4, 0.5) is 0 Å². The maximum Gasteiger partial charge on any atom is 0.0897 e. The average molecular weight is 204 g/mol. The van der Waals surface area contributed by atoms with Crippen molar-refractivity contribution in [3.05, 3.63) is 0 Å². The molecule has 4 heteroatoms. The van der Waals surface area contributed by atoms with Gasteiger partial charge in [0.1, 0.15) is 0 Å². The molecule has 86 valence electrons. The summed E-state index contributed by atoms with van der Waals surface area (Å²) in [6.07, 6.45) is -0.650. The molecule has 0 bridgehead atoms. The zero-order valence-corrected chi connectivity index (χ0v) is 9.53. The first kappa shape index (κ1) is 13.8. The van der Waals surface area contributed by atoms with Crippen LogP contribution >= 0.6 is 0 Å². The number of rotatable bonds is 7. The molecule has 0 aliphatic carbocycles. The van der Waals surface area contributed by atoms with Gasteiger partial charge in [0, 0.05) is 13.1 Å². The summed E-state index contributed by atoms with van der Waals surface area (Å²) in [6, 6.07) is 0. The van der Waals surface area contributed by atoms with E-state index >= 15 is 0 Å². The van der Waals surface area contributed by atoms with Gasteiger partial charge < -0.3 is 20.8 Å². The van der Waals surface area contributed by atoms with Crippen molar-refractivity contribution in [1.82, 2.24) is 4.90 Å². The van der Waals surface area contributed by atoms with Crippen molar-refractivity contribution < 1.29 is 10.2 Å². The molecule has 0 aliphatic heterocycles. The smallest absolute Gasteiger partial charge is 0.0897 e. The second-order valence-electron chi connectivity index (χ2n) is 4.53. The Balaban J connectivity index is 4.02. The van der Waals surface area contributed by atoms with Gasteiger partial charge in [0.25, 0.3) is 0 Å². The van der Waals surface area contributed by atoms with Crippen LogP contribution in [0, 0.1) is 5.41 Å². The standard InChI is InChI=1S/C10H24N2O2/c1-4-12(5-9(14)6-13)8-10(2,3)7-11/h9,13-14H,4-8,11H2,1-3H3. The summed E-state index contributed by atoms with van der Waals surface area (Å²) in [5.41, 5.74) is 5.69. The van der Waals surface area contributed by atoms with Crippen molar-refractivity contribution in [2.45, 2.75) is 26.9 Å². The topological polar surface area (TPSA) is 69.7 Å². The Morgan fingerprint density at radius 1 is 1.43 bits per heavy atom. The van der Waals surface area contributed by atoms with Crippen molar-refractivity contribution in [2.24, 2.45) is 11.1 Å². The van der Waals surface area contributed by atoms with Gasteiger partial charge in [-0.25, -0.2) is 0 Å². The number of aliphatic hydroxyl groups is 2. The summed E-state index contributed by atoms with van der Waals surface area (Å²) in [6.45, 7) is 8.89. The average Bonchev–Trinajstić information content (AvgIpc) is 2.16. The van der Waals surface area contributed by atoms with Crippen LogP contribution in [0.5, 0.6) is 0 Å². The molecular weight excluding hydrogens is 180 g/mol. The molecule has 4 nitrogen and oxygen atoms in total. The highest BCUT2D eigenvalue weighted by Crippen LogP contribution is 2.14. The van der Waals surface area contributed by atoms with Gasteiger partial charge in [-0.2, -0.15) is 0 Å². The molecule has 1 unspecified atom stereocenters. The van der Waals surface area contributed by atoms with Crippen LogP contribution in [-0.2, 0) is 0 Å². The molecule has 0 saturated heterocycles. The number of nitrogens with two attached hydrogens (primary N) is 1. The molecule has 4 N–H and O–H groups in total. The maximum atomic E-state index is 9.31. The van der Waals surface area contributed by atoms with Gasteiger partial charge in [0.15, 0.2) is 0 Å². The van der Waals surface area contributed by atoms with Gasteiger partial charge in [-0.1, -0.05) is 20.8 Å². The van der Waals surface area contributed by atoms with Crippen LogP contribution in [0.1, 0.15) is 20.8 Å². The van der Waals surface area contributed by atoms with Crippen molar-refractivity contribution in [3.8, 4) is 0 Å². The van der Waals surface area contributed by atoms with E-state index in [9.17, 15) is 5.11 Å². The minimum atomic E-state index is -0.650. The van der Waals surface area contributed by atoms with Crippen molar-refractivity contribution >= 4 is 0 Å². The largest absolute Gasteiger partial charge is 0.394 e. The van der Waals surface area contributed by atoms with Crippen molar-refractivity contribution in [3.63, 3.8) is 0 Å². The molecule has 0 heterocycles. The van der Waals surface area contributed by atoms with E-state index in [2.05, 4.69) is 18.7 Å². The summed E-state index contributed by atoms with van der Waals surface area (Å²) in [5.74, 6) is 0. The van der Waals surface area contributed by atoms with E-state index in [-0.39, 0.29) is 12.0 Å². The lowest BCUT2D eigenvalue weighted by Gasteiger charge is -2.31. The zero-order chi connectivity index (χ0) is 11.2. The molecule has 14 heavy (non-hydrogen) atoms. The minimum absolute atomic E-state index is 0.0607. The SMILES string of the molecule is CCN(CC(O)CO)CC(C)(C)CN. The molecule has 0 aromatic rings. The predicted molar refractivity (Wildman–Crippen MR) is 58.0 cm³/mol. The fraction of sp³-hybridized carbons (Fsp3) is 1.00. The van der Waals surface area contributed by atoms with E-state index in [0.29, 0.717) is 13.1 Å². The second-order valence-corrected chi connectivity index (χ2v) is 4.53. The van der Waals surface area contributed by atoms with Gasteiger partial charge in [0.2, 0.25) is 0 Å². The Bertz CT molecular complexity index is 151. The molecule has 0 spiro atoms. The van der Waals surface area contributed by atoms with Gasteiger partial charge in [-0.15, -0.1) is 0 Å². The molecular formula is C10H24N2O2. The number of hydrogen-bond acceptors (Lipinski definition) is 4. The normalized spacial score (nSPS) is 14.8. The third-order valence-corrected chi connectivity index (χ3v) is 2.33. The van der Waals surface area contributed by atoms with Gasteiger partial charge in [-0.05, 0) is 18.5 Å². The van der Waals surface area contributed by atoms with E-state index in [1.165, 1.54) is 0 Å². The van der Waals surface area contributed by atoms with Gasteiger partial charge in [0.05, 0.1) is 12.7 Å². The fourth-order valence-corrected chi connectivity index (χ4v) is 1.33. The maximum absolute atomic E-state index is 9.31. The van der Waals surface area contributed by atoms with Crippen molar-refractivity contribution in [1.29, 1.82) is 0 Å². The molecule has 0 saturated carbocycles. The van der Waals surface area contributed by atoms with E-state index in [4.69, 9.17) is 10.8 Å². The summed E-state index contributed by atoms with van der Waals surface area (Å²) >= 11 is 0. The Morgan fingerprint density at radius 2 is 2.00 bits per heavy atom. The molecule has 0 aromatic heterocycles. The molecule has 0 amide bonds. The van der Waals surface area contributed by atoms with Gasteiger partial charge >= 0.3 is 0 Å². The molecule has 0 aliphatic rings. The highest BCUT2D eigenvalue weighted by atomic mass is 16.3. The summed E-state index contributed by atoms with van der Waals surface area (Å²) in [7, 11) is 0. The van der Waals surface area contributed by atoms with Crippen LogP contribution in [0.3, 0.4) is 0 Å². The van der Waals surface area contributed by atoms with Crippen LogP contribution in [0.15, 0.2) is 0 Å². The fourth-order valence-electron chi connectivity index (χ4n) is 1.33. The number of likely N-dealkylation sites (N-methyl/N-ethyl adjacent to an activating group) is 1. The summed E-state index contributed by atoms with van der Waals surface area (Å²) in [4.78, 5) is 2.10. The Morgan fingerprint density at radius 3 is 2.36 bits per heavy atom. The predicted octanol–water partition coefficient (Wildman–Crippen LogP) is -0.354. The second kappa shape index (κ2) is 6.35.